The molecule has 3 heterocycles. The predicted molar refractivity (Wildman–Crippen MR) is 119 cm³/mol. The standard InChI is InChI=1S/C24H22F2N6/c1-13-4-2-3-5-19(13)31-24-30-12-18-21(32-24)17(11-29-22(18)23(25)26)16-10-28-20-8-14(9-27)6-7-15(16)20/h6-8,10-13,19,23,28H,2-5H2,1H3,(H,30,31,32)/t13-,19+/m0/s1. The maximum absolute atomic E-state index is 13.7. The van der Waals surface area contributed by atoms with E-state index in [-0.39, 0.29) is 17.1 Å². The van der Waals surface area contributed by atoms with Crippen molar-refractivity contribution in [2.75, 3.05) is 5.32 Å². The number of H-pyrrole nitrogens is 1. The molecule has 1 aliphatic carbocycles. The number of pyridine rings is 1. The Bertz CT molecular complexity index is 1340. The molecule has 0 unspecified atom stereocenters. The molecule has 2 atom stereocenters. The second-order valence-electron chi connectivity index (χ2n) is 8.40. The van der Waals surface area contributed by atoms with Crippen molar-refractivity contribution >= 4 is 27.8 Å². The van der Waals surface area contributed by atoms with Gasteiger partial charge in [0.05, 0.1) is 17.1 Å². The van der Waals surface area contributed by atoms with E-state index in [1.807, 2.05) is 6.07 Å². The molecule has 6 nitrogen and oxygen atoms in total. The Labute approximate surface area is 183 Å². The molecule has 0 spiro atoms. The molecule has 2 N–H and O–H groups in total. The first kappa shape index (κ1) is 20.3. The van der Waals surface area contributed by atoms with Crippen molar-refractivity contribution in [2.45, 2.75) is 45.1 Å². The van der Waals surface area contributed by atoms with E-state index in [4.69, 9.17) is 5.26 Å². The minimum absolute atomic E-state index is 0.239. The van der Waals surface area contributed by atoms with Crippen molar-refractivity contribution < 1.29 is 8.78 Å². The van der Waals surface area contributed by atoms with E-state index >= 15 is 0 Å². The van der Waals surface area contributed by atoms with Crippen molar-refractivity contribution in [3.8, 4) is 17.2 Å². The van der Waals surface area contributed by atoms with Gasteiger partial charge in [-0.25, -0.2) is 18.7 Å². The van der Waals surface area contributed by atoms with Crippen LogP contribution in [0.1, 0.15) is 50.3 Å². The summed E-state index contributed by atoms with van der Waals surface area (Å²) in [6, 6.07) is 7.72. The van der Waals surface area contributed by atoms with Gasteiger partial charge in [0.25, 0.3) is 6.43 Å². The maximum atomic E-state index is 13.7. The monoisotopic (exact) mass is 432 g/mol. The summed E-state index contributed by atoms with van der Waals surface area (Å²) in [6.45, 7) is 2.21. The van der Waals surface area contributed by atoms with Crippen molar-refractivity contribution in [3.05, 3.63) is 48.0 Å². The second kappa shape index (κ2) is 8.15. The molecule has 0 bridgehead atoms. The van der Waals surface area contributed by atoms with Gasteiger partial charge >= 0.3 is 0 Å². The van der Waals surface area contributed by atoms with Crippen LogP contribution in [0.25, 0.3) is 32.9 Å². The van der Waals surface area contributed by atoms with E-state index in [0.29, 0.717) is 28.5 Å². The minimum atomic E-state index is -2.73. The maximum Gasteiger partial charge on any atom is 0.281 e. The Morgan fingerprint density at radius 2 is 1.97 bits per heavy atom. The van der Waals surface area contributed by atoms with E-state index in [0.717, 1.165) is 35.7 Å². The van der Waals surface area contributed by atoms with E-state index < -0.39 is 6.43 Å². The van der Waals surface area contributed by atoms with Crippen LogP contribution in [0, 0.1) is 17.2 Å². The highest BCUT2D eigenvalue weighted by atomic mass is 19.3. The smallest absolute Gasteiger partial charge is 0.281 e. The number of hydrogen-bond donors (Lipinski definition) is 2. The molecule has 0 saturated heterocycles. The molecular weight excluding hydrogens is 410 g/mol. The van der Waals surface area contributed by atoms with E-state index in [9.17, 15) is 8.78 Å². The fraction of sp³-hybridized carbons (Fsp3) is 0.333. The molecule has 1 aromatic carbocycles. The number of fused-ring (bicyclic) bond motifs is 2. The third kappa shape index (κ3) is 3.54. The first-order valence-corrected chi connectivity index (χ1v) is 10.8. The fourth-order valence-corrected chi connectivity index (χ4v) is 4.60. The number of alkyl halides is 2. The molecule has 5 rings (SSSR count). The lowest BCUT2D eigenvalue weighted by Gasteiger charge is -2.29. The van der Waals surface area contributed by atoms with Crippen LogP contribution in [-0.2, 0) is 0 Å². The third-order valence-corrected chi connectivity index (χ3v) is 6.39. The Hall–Kier alpha value is -3.60. The zero-order valence-corrected chi connectivity index (χ0v) is 17.6. The van der Waals surface area contributed by atoms with Crippen LogP contribution in [-0.4, -0.2) is 26.0 Å². The lowest BCUT2D eigenvalue weighted by atomic mass is 9.86. The zero-order chi connectivity index (χ0) is 22.2. The average Bonchev–Trinajstić information content (AvgIpc) is 3.22. The molecule has 1 aliphatic rings. The number of rotatable bonds is 4. The lowest BCUT2D eigenvalue weighted by Crippen LogP contribution is -2.31. The van der Waals surface area contributed by atoms with E-state index in [2.05, 4.69) is 38.2 Å². The minimum Gasteiger partial charge on any atom is -0.361 e. The third-order valence-electron chi connectivity index (χ3n) is 6.39. The summed E-state index contributed by atoms with van der Waals surface area (Å²) in [6.07, 6.45) is 6.52. The van der Waals surface area contributed by atoms with Gasteiger partial charge < -0.3 is 10.3 Å². The molecule has 3 aromatic heterocycles. The quantitative estimate of drug-likeness (QED) is 0.414. The van der Waals surface area contributed by atoms with Gasteiger partial charge in [-0.05, 0) is 30.9 Å². The van der Waals surface area contributed by atoms with Crippen LogP contribution in [0.15, 0.2) is 36.8 Å². The van der Waals surface area contributed by atoms with Gasteiger partial charge in [0, 0.05) is 52.0 Å². The highest BCUT2D eigenvalue weighted by molar-refractivity contribution is 6.04. The summed E-state index contributed by atoms with van der Waals surface area (Å²) in [7, 11) is 0. The fourth-order valence-electron chi connectivity index (χ4n) is 4.60. The SMILES string of the molecule is C[C@H]1CCCC[C@H]1Nc1ncc2c(C(F)F)ncc(-c3c[nH]c4cc(C#N)ccc34)c2n1. The summed E-state index contributed by atoms with van der Waals surface area (Å²) in [5, 5.41) is 13.7. The molecule has 4 aromatic rings. The van der Waals surface area contributed by atoms with Crippen molar-refractivity contribution in [1.29, 1.82) is 5.26 Å². The summed E-state index contributed by atoms with van der Waals surface area (Å²) >= 11 is 0. The highest BCUT2D eigenvalue weighted by Crippen LogP contribution is 2.36. The van der Waals surface area contributed by atoms with Crippen molar-refractivity contribution in [1.82, 2.24) is 19.9 Å². The van der Waals surface area contributed by atoms with Crippen LogP contribution >= 0.6 is 0 Å². The molecule has 8 heteroatoms. The molecular formula is C24H22F2N6. The van der Waals surface area contributed by atoms with Gasteiger partial charge in [0.2, 0.25) is 5.95 Å². The summed E-state index contributed by atoms with van der Waals surface area (Å²) in [5.74, 6) is 0.940. The largest absolute Gasteiger partial charge is 0.361 e. The number of anilines is 1. The Morgan fingerprint density at radius 1 is 1.12 bits per heavy atom. The average molecular weight is 432 g/mol. The first-order chi connectivity index (χ1) is 15.5. The molecule has 0 aliphatic heterocycles. The Kier molecular flexibility index (Phi) is 5.17. The van der Waals surface area contributed by atoms with Gasteiger partial charge in [-0.1, -0.05) is 25.8 Å². The lowest BCUT2D eigenvalue weighted by molar-refractivity contribution is 0.148. The summed E-state index contributed by atoms with van der Waals surface area (Å²) in [4.78, 5) is 16.2. The molecule has 0 radical (unpaired) electrons. The number of aromatic nitrogens is 4. The molecule has 1 fully saturated rings. The number of nitrogens with one attached hydrogen (secondary N) is 2. The number of halogens is 2. The van der Waals surface area contributed by atoms with Crippen LogP contribution in [0.4, 0.5) is 14.7 Å². The number of aromatic amines is 1. The Balaban J connectivity index is 1.65. The van der Waals surface area contributed by atoms with E-state index in [1.54, 1.807) is 18.3 Å². The Morgan fingerprint density at radius 3 is 2.75 bits per heavy atom. The van der Waals surface area contributed by atoms with Gasteiger partial charge in [-0.2, -0.15) is 5.26 Å². The number of hydrogen-bond acceptors (Lipinski definition) is 5. The molecule has 32 heavy (non-hydrogen) atoms. The van der Waals surface area contributed by atoms with Crippen LogP contribution in [0.2, 0.25) is 0 Å². The van der Waals surface area contributed by atoms with Crippen LogP contribution in [0.3, 0.4) is 0 Å². The van der Waals surface area contributed by atoms with Gasteiger partial charge in [0.1, 0.15) is 5.69 Å². The normalized spacial score (nSPS) is 18.8. The van der Waals surface area contributed by atoms with Gasteiger partial charge in [-0.15, -0.1) is 0 Å². The summed E-state index contributed by atoms with van der Waals surface area (Å²) in [5.41, 5.74) is 2.86. The molecule has 0 amide bonds. The number of nitrogens with zero attached hydrogens (tertiary/aromatic N) is 4. The zero-order valence-electron chi connectivity index (χ0n) is 17.6. The van der Waals surface area contributed by atoms with Gasteiger partial charge in [0.15, 0.2) is 0 Å². The topological polar surface area (TPSA) is 90.3 Å². The molecule has 162 valence electrons. The second-order valence-corrected chi connectivity index (χ2v) is 8.40. The van der Waals surface area contributed by atoms with Crippen molar-refractivity contribution in [3.63, 3.8) is 0 Å². The van der Waals surface area contributed by atoms with Crippen molar-refractivity contribution in [2.24, 2.45) is 5.92 Å². The van der Waals surface area contributed by atoms with Crippen LogP contribution in [0.5, 0.6) is 0 Å². The molecule has 1 saturated carbocycles. The predicted octanol–water partition coefficient (Wildman–Crippen LogP) is 5.97. The van der Waals surface area contributed by atoms with Gasteiger partial charge in [-0.3, -0.25) is 4.98 Å². The van der Waals surface area contributed by atoms with E-state index in [1.165, 1.54) is 18.8 Å². The number of nitriles is 1. The highest BCUT2D eigenvalue weighted by Gasteiger charge is 2.23. The summed E-state index contributed by atoms with van der Waals surface area (Å²) < 4.78 is 27.3. The van der Waals surface area contributed by atoms with Crippen LogP contribution < -0.4 is 5.32 Å². The number of benzene rings is 1. The first-order valence-electron chi connectivity index (χ1n) is 10.8.